The Morgan fingerprint density at radius 3 is 2.27 bits per heavy atom. The number of rotatable bonds is 0. The number of halogens is 4. The van der Waals surface area contributed by atoms with Crippen molar-refractivity contribution in [2.45, 2.75) is 6.18 Å². The second kappa shape index (κ2) is 2.41. The van der Waals surface area contributed by atoms with Gasteiger partial charge in [-0.15, -0.1) is 0 Å². The summed E-state index contributed by atoms with van der Waals surface area (Å²) in [4.78, 5) is 3.09. The summed E-state index contributed by atoms with van der Waals surface area (Å²) < 4.78 is 36.5. The summed E-state index contributed by atoms with van der Waals surface area (Å²) in [5.74, 6) is -0.984. The normalized spacial score (nSPS) is 12.1. The first kappa shape index (κ1) is 8.39. The Morgan fingerprint density at radius 1 is 1.55 bits per heavy atom. The molecule has 0 radical (unpaired) electrons. The summed E-state index contributed by atoms with van der Waals surface area (Å²) in [5, 5.41) is -0.0303. The van der Waals surface area contributed by atoms with Crippen LogP contribution in [0.2, 0.25) is 5.15 Å². The highest BCUT2D eigenvalue weighted by molar-refractivity contribution is 6.29. The van der Waals surface area contributed by atoms with Crippen molar-refractivity contribution in [2.24, 2.45) is 7.05 Å². The van der Waals surface area contributed by atoms with Gasteiger partial charge in [-0.05, 0) is 0 Å². The zero-order chi connectivity index (χ0) is 8.65. The van der Waals surface area contributed by atoms with Gasteiger partial charge in [0.05, 0.1) is 6.20 Å². The molecule has 0 aliphatic rings. The highest BCUT2D eigenvalue weighted by Gasteiger charge is 2.36. The molecule has 6 heteroatoms. The first-order valence-corrected chi connectivity index (χ1v) is 3.05. The lowest BCUT2D eigenvalue weighted by atomic mass is 10.6. The van der Waals surface area contributed by atoms with E-state index in [1.165, 1.54) is 7.05 Å². The van der Waals surface area contributed by atoms with Crippen molar-refractivity contribution >= 4 is 11.6 Å². The average molecular weight is 185 g/mol. The van der Waals surface area contributed by atoms with Crippen molar-refractivity contribution in [1.82, 2.24) is 9.55 Å². The van der Waals surface area contributed by atoms with Gasteiger partial charge in [-0.25, -0.2) is 4.98 Å². The Morgan fingerprint density at radius 2 is 2.09 bits per heavy atom. The zero-order valence-electron chi connectivity index (χ0n) is 5.48. The van der Waals surface area contributed by atoms with Crippen LogP contribution in [0.1, 0.15) is 5.82 Å². The van der Waals surface area contributed by atoms with Crippen LogP contribution in [0, 0.1) is 0 Å². The van der Waals surface area contributed by atoms with E-state index in [0.717, 1.165) is 10.8 Å². The van der Waals surface area contributed by atoms with Crippen molar-refractivity contribution in [2.75, 3.05) is 0 Å². The predicted molar refractivity (Wildman–Crippen MR) is 33.2 cm³/mol. The molecular formula is C5H4ClF3N2. The third-order valence-corrected chi connectivity index (χ3v) is 1.54. The summed E-state index contributed by atoms with van der Waals surface area (Å²) >= 11 is 5.34. The molecule has 2 nitrogen and oxygen atoms in total. The fourth-order valence-electron chi connectivity index (χ4n) is 0.652. The highest BCUT2D eigenvalue weighted by Crippen LogP contribution is 2.28. The van der Waals surface area contributed by atoms with Gasteiger partial charge < -0.3 is 4.57 Å². The van der Waals surface area contributed by atoms with E-state index in [2.05, 4.69) is 4.98 Å². The third kappa shape index (κ3) is 1.48. The Labute approximate surface area is 65.6 Å². The molecular weight excluding hydrogens is 181 g/mol. The second-order valence-corrected chi connectivity index (χ2v) is 2.35. The van der Waals surface area contributed by atoms with E-state index >= 15 is 0 Å². The molecule has 0 aliphatic carbocycles. The van der Waals surface area contributed by atoms with E-state index in [0.29, 0.717) is 0 Å². The molecule has 0 fully saturated rings. The molecule has 0 saturated carbocycles. The van der Waals surface area contributed by atoms with Gasteiger partial charge in [0.2, 0.25) is 5.82 Å². The molecule has 0 N–H and O–H groups in total. The van der Waals surface area contributed by atoms with Crippen molar-refractivity contribution in [3.05, 3.63) is 17.2 Å². The van der Waals surface area contributed by atoms with Crippen LogP contribution < -0.4 is 0 Å². The fraction of sp³-hybridized carbons (Fsp3) is 0.400. The summed E-state index contributed by atoms with van der Waals surface area (Å²) in [6, 6.07) is 0. The van der Waals surface area contributed by atoms with Crippen LogP contribution in [0.4, 0.5) is 13.2 Å². The molecule has 11 heavy (non-hydrogen) atoms. The van der Waals surface area contributed by atoms with Crippen molar-refractivity contribution in [3.63, 3.8) is 0 Å². The van der Waals surface area contributed by atoms with Gasteiger partial charge in [0.25, 0.3) is 0 Å². The first-order valence-electron chi connectivity index (χ1n) is 2.67. The maximum absolute atomic E-state index is 11.9. The van der Waals surface area contributed by atoms with E-state index < -0.39 is 12.0 Å². The summed E-state index contributed by atoms with van der Waals surface area (Å²) in [6.07, 6.45) is -3.47. The van der Waals surface area contributed by atoms with Gasteiger partial charge in [-0.2, -0.15) is 13.2 Å². The molecule has 1 aromatic heterocycles. The minimum absolute atomic E-state index is 0.0303. The number of hydrogen-bond acceptors (Lipinski definition) is 1. The van der Waals surface area contributed by atoms with Crippen molar-refractivity contribution in [3.8, 4) is 0 Å². The Balaban J connectivity index is 3.15. The van der Waals surface area contributed by atoms with Crippen molar-refractivity contribution in [1.29, 1.82) is 0 Å². The molecule has 0 unspecified atom stereocenters. The average Bonchev–Trinajstić information content (AvgIpc) is 2.11. The number of nitrogens with zero attached hydrogens (tertiary/aromatic N) is 2. The van der Waals surface area contributed by atoms with E-state index in [4.69, 9.17) is 11.6 Å². The van der Waals surface area contributed by atoms with Gasteiger partial charge in [-0.1, -0.05) is 11.6 Å². The smallest absolute Gasteiger partial charge is 0.315 e. The summed E-state index contributed by atoms with van der Waals surface area (Å²) in [5.41, 5.74) is 0. The number of imidazole rings is 1. The minimum Gasteiger partial charge on any atom is -0.315 e. The van der Waals surface area contributed by atoms with E-state index in [1.807, 2.05) is 0 Å². The van der Waals surface area contributed by atoms with Gasteiger partial charge in [0.1, 0.15) is 5.15 Å². The molecule has 1 aromatic rings. The van der Waals surface area contributed by atoms with Gasteiger partial charge in [0, 0.05) is 7.05 Å². The first-order chi connectivity index (χ1) is 4.93. The Kier molecular flexibility index (Phi) is 1.83. The van der Waals surface area contributed by atoms with Crippen LogP contribution in [0.25, 0.3) is 0 Å². The predicted octanol–water partition coefficient (Wildman–Crippen LogP) is 2.09. The molecule has 0 saturated heterocycles. The lowest BCUT2D eigenvalue weighted by molar-refractivity contribution is -0.146. The molecule has 0 spiro atoms. The van der Waals surface area contributed by atoms with Crippen LogP contribution in [-0.2, 0) is 13.2 Å². The van der Waals surface area contributed by atoms with Crippen LogP contribution in [0.5, 0.6) is 0 Å². The zero-order valence-corrected chi connectivity index (χ0v) is 6.24. The largest absolute Gasteiger partial charge is 0.449 e. The minimum atomic E-state index is -4.43. The number of alkyl halides is 3. The third-order valence-electron chi connectivity index (χ3n) is 1.19. The highest BCUT2D eigenvalue weighted by atomic mass is 35.5. The Bertz CT molecular complexity index is 265. The SMILES string of the molecule is Cn1c(Cl)cnc1C(F)(F)F. The lowest BCUT2D eigenvalue weighted by Gasteiger charge is -2.04. The quantitative estimate of drug-likeness (QED) is 0.604. The van der Waals surface area contributed by atoms with E-state index in [1.54, 1.807) is 0 Å². The maximum Gasteiger partial charge on any atom is 0.449 e. The summed E-state index contributed by atoms with van der Waals surface area (Å²) in [7, 11) is 1.21. The Hall–Kier alpha value is -0.710. The van der Waals surface area contributed by atoms with Crippen LogP contribution in [-0.4, -0.2) is 9.55 Å². The molecule has 1 heterocycles. The molecule has 0 aromatic carbocycles. The number of aromatic nitrogens is 2. The standard InChI is InChI=1S/C5H4ClF3N2/c1-11-3(6)2-10-4(11)5(7,8)9/h2H,1H3. The lowest BCUT2D eigenvalue weighted by Crippen LogP contribution is -2.12. The van der Waals surface area contributed by atoms with E-state index in [9.17, 15) is 13.2 Å². The van der Waals surface area contributed by atoms with Crippen LogP contribution in [0.3, 0.4) is 0 Å². The second-order valence-electron chi connectivity index (χ2n) is 1.96. The molecule has 1 rings (SSSR count). The topological polar surface area (TPSA) is 17.8 Å². The molecule has 62 valence electrons. The fourth-order valence-corrected chi connectivity index (χ4v) is 0.781. The molecule has 0 atom stereocenters. The number of hydrogen-bond donors (Lipinski definition) is 0. The molecule has 0 amide bonds. The van der Waals surface area contributed by atoms with Gasteiger partial charge in [-0.3, -0.25) is 0 Å². The van der Waals surface area contributed by atoms with Gasteiger partial charge >= 0.3 is 6.18 Å². The van der Waals surface area contributed by atoms with E-state index in [-0.39, 0.29) is 5.15 Å². The van der Waals surface area contributed by atoms with Gasteiger partial charge in [0.15, 0.2) is 0 Å². The monoisotopic (exact) mass is 184 g/mol. The maximum atomic E-state index is 11.9. The van der Waals surface area contributed by atoms with Crippen LogP contribution >= 0.6 is 11.6 Å². The molecule has 0 aliphatic heterocycles. The summed E-state index contributed by atoms with van der Waals surface area (Å²) in [6.45, 7) is 0. The van der Waals surface area contributed by atoms with Crippen molar-refractivity contribution < 1.29 is 13.2 Å². The molecule has 0 bridgehead atoms. The van der Waals surface area contributed by atoms with Crippen LogP contribution in [0.15, 0.2) is 6.20 Å².